The predicted molar refractivity (Wildman–Crippen MR) is 128 cm³/mol. The van der Waals surface area contributed by atoms with E-state index in [9.17, 15) is 0 Å². The highest BCUT2D eigenvalue weighted by Gasteiger charge is 2.11. The Morgan fingerprint density at radius 1 is 0.500 bits per heavy atom. The number of fused-ring (bicyclic) bond motifs is 3. The molecule has 2 N–H and O–H groups in total. The zero-order valence-electron chi connectivity index (χ0n) is 17.1. The van der Waals surface area contributed by atoms with Gasteiger partial charge in [0.2, 0.25) is 5.95 Å². The zero-order chi connectivity index (χ0) is 21.5. The van der Waals surface area contributed by atoms with Crippen molar-refractivity contribution in [1.82, 2.24) is 15.0 Å². The standard InChI is InChI=1S/C27H18N4O/c28-27-30-25(17-7-2-1-3-8-17)29-26(31-27)20-10-6-9-18(15-20)19-13-14-24-22(16-19)21-11-4-5-12-23(21)32-24/h1-16H,(H2,28,29,30,31). The maximum Gasteiger partial charge on any atom is 0.224 e. The van der Waals surface area contributed by atoms with E-state index < -0.39 is 0 Å². The van der Waals surface area contributed by atoms with E-state index in [4.69, 9.17) is 10.2 Å². The Bertz CT molecular complexity index is 1590. The van der Waals surface area contributed by atoms with Crippen molar-refractivity contribution >= 4 is 27.9 Å². The molecule has 2 heterocycles. The van der Waals surface area contributed by atoms with Crippen LogP contribution in [0.4, 0.5) is 5.95 Å². The van der Waals surface area contributed by atoms with Gasteiger partial charge in [-0.05, 0) is 35.4 Å². The number of hydrogen-bond donors (Lipinski definition) is 1. The topological polar surface area (TPSA) is 77.8 Å². The van der Waals surface area contributed by atoms with Crippen LogP contribution in [-0.4, -0.2) is 15.0 Å². The fourth-order valence-corrected chi connectivity index (χ4v) is 3.98. The van der Waals surface area contributed by atoms with E-state index in [1.165, 1.54) is 0 Å². The second-order valence-electron chi connectivity index (χ2n) is 7.60. The van der Waals surface area contributed by atoms with Gasteiger partial charge in [0.25, 0.3) is 0 Å². The molecule has 0 atom stereocenters. The number of nitrogen functional groups attached to an aromatic ring is 1. The molecule has 0 aliphatic carbocycles. The smallest absolute Gasteiger partial charge is 0.224 e. The Morgan fingerprint density at radius 2 is 1.16 bits per heavy atom. The average Bonchev–Trinajstić information content (AvgIpc) is 3.22. The van der Waals surface area contributed by atoms with Gasteiger partial charge in [0.05, 0.1) is 0 Å². The Labute approximate surface area is 184 Å². The van der Waals surface area contributed by atoms with Gasteiger partial charge in [0, 0.05) is 21.9 Å². The molecule has 0 spiro atoms. The van der Waals surface area contributed by atoms with Crippen molar-refractivity contribution in [3.63, 3.8) is 0 Å². The van der Waals surface area contributed by atoms with Gasteiger partial charge in [-0.1, -0.05) is 72.8 Å². The molecule has 2 aromatic heterocycles. The highest BCUT2D eigenvalue weighted by atomic mass is 16.3. The lowest BCUT2D eigenvalue weighted by Gasteiger charge is -2.08. The predicted octanol–water partition coefficient (Wildman–Crippen LogP) is 6.35. The number of aromatic nitrogens is 3. The monoisotopic (exact) mass is 414 g/mol. The summed E-state index contributed by atoms with van der Waals surface area (Å²) in [5.41, 5.74) is 11.7. The van der Waals surface area contributed by atoms with E-state index in [1.54, 1.807) is 0 Å². The summed E-state index contributed by atoms with van der Waals surface area (Å²) in [5, 5.41) is 2.21. The van der Waals surface area contributed by atoms with Gasteiger partial charge in [-0.25, -0.2) is 4.98 Å². The maximum atomic E-state index is 6.01. The van der Waals surface area contributed by atoms with Crippen LogP contribution in [0.15, 0.2) is 101 Å². The summed E-state index contributed by atoms with van der Waals surface area (Å²) in [4.78, 5) is 13.4. The lowest BCUT2D eigenvalue weighted by molar-refractivity contribution is 0.669. The van der Waals surface area contributed by atoms with Gasteiger partial charge in [-0.3, -0.25) is 0 Å². The van der Waals surface area contributed by atoms with E-state index in [2.05, 4.69) is 45.3 Å². The first kappa shape index (κ1) is 18.3. The van der Waals surface area contributed by atoms with Gasteiger partial charge in [0.15, 0.2) is 11.6 Å². The number of nitrogens with zero attached hydrogens (tertiary/aromatic N) is 3. The average molecular weight is 414 g/mol. The molecule has 6 aromatic rings. The molecule has 0 radical (unpaired) electrons. The van der Waals surface area contributed by atoms with Crippen molar-refractivity contribution in [2.75, 3.05) is 5.73 Å². The molecule has 0 amide bonds. The van der Waals surface area contributed by atoms with Crippen LogP contribution in [0.25, 0.3) is 55.8 Å². The maximum absolute atomic E-state index is 6.01. The molecule has 5 nitrogen and oxygen atoms in total. The van der Waals surface area contributed by atoms with E-state index >= 15 is 0 Å². The molecule has 0 bridgehead atoms. The van der Waals surface area contributed by atoms with Crippen molar-refractivity contribution < 1.29 is 4.42 Å². The first-order valence-corrected chi connectivity index (χ1v) is 10.3. The van der Waals surface area contributed by atoms with E-state index in [1.807, 2.05) is 66.7 Å². The van der Waals surface area contributed by atoms with Crippen LogP contribution in [-0.2, 0) is 0 Å². The molecule has 4 aromatic carbocycles. The van der Waals surface area contributed by atoms with Crippen molar-refractivity contribution in [3.05, 3.63) is 97.1 Å². The minimum atomic E-state index is 0.200. The molecule has 0 saturated heterocycles. The number of rotatable bonds is 3. The van der Waals surface area contributed by atoms with Crippen LogP contribution in [0, 0.1) is 0 Å². The summed E-state index contributed by atoms with van der Waals surface area (Å²) in [5.74, 6) is 1.31. The molecular formula is C27H18N4O. The summed E-state index contributed by atoms with van der Waals surface area (Å²) >= 11 is 0. The van der Waals surface area contributed by atoms with E-state index in [0.717, 1.165) is 44.2 Å². The van der Waals surface area contributed by atoms with E-state index in [-0.39, 0.29) is 5.95 Å². The summed E-state index contributed by atoms with van der Waals surface area (Å²) in [7, 11) is 0. The first-order valence-electron chi connectivity index (χ1n) is 10.3. The van der Waals surface area contributed by atoms with Gasteiger partial charge < -0.3 is 10.2 Å². The number of anilines is 1. The molecular weight excluding hydrogens is 396 g/mol. The zero-order valence-corrected chi connectivity index (χ0v) is 17.1. The highest BCUT2D eigenvalue weighted by Crippen LogP contribution is 2.33. The molecule has 0 saturated carbocycles. The van der Waals surface area contributed by atoms with Gasteiger partial charge in [-0.2, -0.15) is 9.97 Å². The van der Waals surface area contributed by atoms with Gasteiger partial charge >= 0.3 is 0 Å². The third-order valence-corrected chi connectivity index (χ3v) is 5.52. The van der Waals surface area contributed by atoms with Crippen LogP contribution in [0.1, 0.15) is 0 Å². The molecule has 0 aliphatic rings. The van der Waals surface area contributed by atoms with E-state index in [0.29, 0.717) is 11.6 Å². The first-order chi connectivity index (χ1) is 15.7. The molecule has 0 unspecified atom stereocenters. The second kappa shape index (κ2) is 7.32. The van der Waals surface area contributed by atoms with Crippen LogP contribution in [0.2, 0.25) is 0 Å². The van der Waals surface area contributed by atoms with Gasteiger partial charge in [-0.15, -0.1) is 0 Å². The minimum absolute atomic E-state index is 0.200. The highest BCUT2D eigenvalue weighted by molar-refractivity contribution is 6.06. The summed E-state index contributed by atoms with van der Waals surface area (Å²) in [6.07, 6.45) is 0. The van der Waals surface area contributed by atoms with Crippen LogP contribution >= 0.6 is 0 Å². The Morgan fingerprint density at radius 3 is 2.03 bits per heavy atom. The molecule has 5 heteroatoms. The molecule has 32 heavy (non-hydrogen) atoms. The second-order valence-corrected chi connectivity index (χ2v) is 7.60. The third kappa shape index (κ3) is 3.17. The van der Waals surface area contributed by atoms with Crippen LogP contribution in [0.3, 0.4) is 0 Å². The normalized spacial score (nSPS) is 11.2. The lowest BCUT2D eigenvalue weighted by atomic mass is 10.0. The van der Waals surface area contributed by atoms with Gasteiger partial charge in [0.1, 0.15) is 11.2 Å². The number of nitrogens with two attached hydrogens (primary N) is 1. The number of hydrogen-bond acceptors (Lipinski definition) is 5. The van der Waals surface area contributed by atoms with Crippen molar-refractivity contribution in [3.8, 4) is 33.9 Å². The summed E-state index contributed by atoms with van der Waals surface area (Å²) in [6, 6.07) is 32.3. The Balaban J connectivity index is 1.45. The molecule has 152 valence electrons. The fourth-order valence-electron chi connectivity index (χ4n) is 3.98. The Kier molecular flexibility index (Phi) is 4.18. The molecule has 0 fully saturated rings. The number of benzene rings is 4. The summed E-state index contributed by atoms with van der Waals surface area (Å²) in [6.45, 7) is 0. The van der Waals surface area contributed by atoms with Crippen molar-refractivity contribution in [2.45, 2.75) is 0 Å². The SMILES string of the molecule is Nc1nc(-c2ccccc2)nc(-c2cccc(-c3ccc4oc5ccccc5c4c3)c2)n1. The molecule has 0 aliphatic heterocycles. The van der Waals surface area contributed by atoms with Crippen molar-refractivity contribution in [1.29, 1.82) is 0 Å². The third-order valence-electron chi connectivity index (χ3n) is 5.52. The summed E-state index contributed by atoms with van der Waals surface area (Å²) < 4.78 is 5.96. The van der Waals surface area contributed by atoms with Crippen LogP contribution < -0.4 is 5.73 Å². The lowest BCUT2D eigenvalue weighted by Crippen LogP contribution is -2.02. The molecule has 6 rings (SSSR count). The largest absolute Gasteiger partial charge is 0.456 e. The minimum Gasteiger partial charge on any atom is -0.456 e. The number of para-hydroxylation sites is 1. The Hall–Kier alpha value is -4.51. The van der Waals surface area contributed by atoms with Crippen molar-refractivity contribution in [2.24, 2.45) is 0 Å². The van der Waals surface area contributed by atoms with Crippen LogP contribution in [0.5, 0.6) is 0 Å². The number of furan rings is 1. The fraction of sp³-hybridized carbons (Fsp3) is 0. The quantitative estimate of drug-likeness (QED) is 0.365.